The second kappa shape index (κ2) is 9.26. The molecule has 1 atom stereocenters. The Morgan fingerprint density at radius 2 is 1.81 bits per heavy atom. The van der Waals surface area contributed by atoms with Crippen LogP contribution in [0.1, 0.15) is 22.1 Å². The monoisotopic (exact) mass is 434 g/mol. The Balaban J connectivity index is 1.63. The van der Waals surface area contributed by atoms with Crippen LogP contribution in [0.2, 0.25) is 0 Å². The molecule has 0 spiro atoms. The van der Waals surface area contributed by atoms with Crippen molar-refractivity contribution in [2.45, 2.75) is 12.5 Å². The number of benzene rings is 2. The highest BCUT2D eigenvalue weighted by Crippen LogP contribution is 2.34. The van der Waals surface area contributed by atoms with Gasteiger partial charge in [0.15, 0.2) is 10.8 Å². The summed E-state index contributed by atoms with van der Waals surface area (Å²) in [6, 6.07) is 18.2. The van der Waals surface area contributed by atoms with E-state index in [1.54, 1.807) is 0 Å². The molecule has 0 saturated heterocycles. The first-order valence-electron chi connectivity index (χ1n) is 9.37. The van der Waals surface area contributed by atoms with Gasteiger partial charge in [0.2, 0.25) is 0 Å². The van der Waals surface area contributed by atoms with Gasteiger partial charge in [0, 0.05) is 6.42 Å². The van der Waals surface area contributed by atoms with Crippen molar-refractivity contribution in [2.75, 3.05) is 12.4 Å². The molecule has 4 aromatic rings. The van der Waals surface area contributed by atoms with Crippen LogP contribution in [-0.2, 0) is 16.0 Å². The van der Waals surface area contributed by atoms with E-state index in [9.17, 15) is 9.59 Å². The molecule has 0 aliphatic carbocycles. The summed E-state index contributed by atoms with van der Waals surface area (Å²) in [6.45, 7) is 0. The molecular formula is C21H18N6O3S. The predicted molar refractivity (Wildman–Crippen MR) is 115 cm³/mol. The number of hydrogen-bond acceptors (Lipinski definition) is 8. The fraction of sp³-hybridized carbons (Fsp3) is 0.143. The van der Waals surface area contributed by atoms with Gasteiger partial charge in [-0.15, -0.1) is 5.10 Å². The number of tetrazole rings is 1. The lowest BCUT2D eigenvalue weighted by Crippen LogP contribution is -2.28. The fourth-order valence-electron chi connectivity index (χ4n) is 3.04. The second-order valence-corrected chi connectivity index (χ2v) is 7.54. The summed E-state index contributed by atoms with van der Waals surface area (Å²) in [6.07, 6.45) is 1.78. The summed E-state index contributed by atoms with van der Waals surface area (Å²) in [4.78, 5) is 30.3. The number of anilines is 1. The lowest BCUT2D eigenvalue weighted by molar-refractivity contribution is -0.119. The molecule has 2 heterocycles. The zero-order valence-electron chi connectivity index (χ0n) is 16.5. The van der Waals surface area contributed by atoms with Crippen molar-refractivity contribution in [2.24, 2.45) is 0 Å². The van der Waals surface area contributed by atoms with Gasteiger partial charge in [-0.1, -0.05) is 72.0 Å². The van der Waals surface area contributed by atoms with Crippen LogP contribution in [-0.4, -0.2) is 44.2 Å². The van der Waals surface area contributed by atoms with Crippen molar-refractivity contribution in [1.82, 2.24) is 25.2 Å². The van der Waals surface area contributed by atoms with Gasteiger partial charge in [-0.3, -0.25) is 4.79 Å². The second-order valence-electron chi connectivity index (χ2n) is 6.54. The molecule has 0 bridgehead atoms. The van der Waals surface area contributed by atoms with Crippen LogP contribution < -0.4 is 5.32 Å². The average Bonchev–Trinajstić information content (AvgIpc) is 3.48. The highest BCUT2D eigenvalue weighted by atomic mass is 32.1. The van der Waals surface area contributed by atoms with Crippen molar-refractivity contribution in [1.29, 1.82) is 0 Å². The minimum Gasteiger partial charge on any atom is -0.464 e. The summed E-state index contributed by atoms with van der Waals surface area (Å²) in [5.74, 6) is -0.919. The molecule has 2 aromatic carbocycles. The smallest absolute Gasteiger partial charge is 0.358 e. The third kappa shape index (κ3) is 4.64. The lowest BCUT2D eigenvalue weighted by Gasteiger charge is -2.15. The zero-order valence-corrected chi connectivity index (χ0v) is 17.3. The van der Waals surface area contributed by atoms with E-state index in [2.05, 4.69) is 25.8 Å². The van der Waals surface area contributed by atoms with E-state index in [1.165, 1.54) is 29.5 Å². The van der Waals surface area contributed by atoms with E-state index in [1.807, 2.05) is 60.7 Å². The van der Waals surface area contributed by atoms with E-state index in [0.29, 0.717) is 11.3 Å². The topological polar surface area (TPSA) is 112 Å². The number of nitrogens with one attached hydrogen (secondary N) is 1. The zero-order chi connectivity index (χ0) is 21.6. The number of amides is 1. The number of methoxy groups -OCH3 is 1. The van der Waals surface area contributed by atoms with Crippen LogP contribution in [0.4, 0.5) is 5.13 Å². The number of rotatable bonds is 7. The van der Waals surface area contributed by atoms with Crippen LogP contribution in [0.25, 0.3) is 10.4 Å². The van der Waals surface area contributed by atoms with E-state index >= 15 is 0 Å². The first-order chi connectivity index (χ1) is 15.2. The number of carbonyl (C=O) groups excluding carboxylic acids is 2. The van der Waals surface area contributed by atoms with Gasteiger partial charge in [-0.25, -0.2) is 14.5 Å². The fourth-order valence-corrected chi connectivity index (χ4v) is 4.00. The Morgan fingerprint density at radius 3 is 2.45 bits per heavy atom. The van der Waals surface area contributed by atoms with E-state index in [0.717, 1.165) is 11.1 Å². The molecule has 1 N–H and O–H groups in total. The maximum atomic E-state index is 13.1. The molecule has 0 aliphatic rings. The Bertz CT molecular complexity index is 1160. The normalized spacial score (nSPS) is 11.6. The van der Waals surface area contributed by atoms with Crippen molar-refractivity contribution in [3.63, 3.8) is 0 Å². The largest absolute Gasteiger partial charge is 0.464 e. The molecule has 0 aliphatic heterocycles. The van der Waals surface area contributed by atoms with Crippen molar-refractivity contribution in [3.8, 4) is 10.4 Å². The minimum absolute atomic E-state index is 0.149. The Hall–Kier alpha value is -3.92. The van der Waals surface area contributed by atoms with Crippen LogP contribution in [0.5, 0.6) is 0 Å². The first kappa shape index (κ1) is 20.4. The van der Waals surface area contributed by atoms with Gasteiger partial charge >= 0.3 is 5.97 Å². The Labute approximate surface area is 181 Å². The lowest BCUT2D eigenvalue weighted by atomic mass is 10.1. The number of aromatic nitrogens is 5. The third-order valence-electron chi connectivity index (χ3n) is 4.53. The summed E-state index contributed by atoms with van der Waals surface area (Å²) in [5.41, 5.74) is 1.91. The molecule has 4 rings (SSSR count). The molecule has 0 radical (unpaired) electrons. The van der Waals surface area contributed by atoms with E-state index in [-0.39, 0.29) is 16.7 Å². The Morgan fingerprint density at radius 1 is 1.10 bits per heavy atom. The maximum Gasteiger partial charge on any atom is 0.358 e. The number of nitrogens with zero attached hydrogens (tertiary/aromatic N) is 5. The molecular weight excluding hydrogens is 416 g/mol. The molecule has 10 heteroatoms. The highest BCUT2D eigenvalue weighted by Gasteiger charge is 2.26. The minimum atomic E-state index is -0.692. The molecule has 0 fully saturated rings. The highest BCUT2D eigenvalue weighted by molar-refractivity contribution is 7.19. The summed E-state index contributed by atoms with van der Waals surface area (Å²) in [5, 5.41) is 14.3. The summed E-state index contributed by atoms with van der Waals surface area (Å²) in [7, 11) is 1.29. The van der Waals surface area contributed by atoms with Gasteiger partial charge in [0.25, 0.3) is 5.91 Å². The predicted octanol–water partition coefficient (Wildman–Crippen LogP) is 3.01. The van der Waals surface area contributed by atoms with Gasteiger partial charge in [-0.05, 0) is 21.6 Å². The first-order valence-corrected chi connectivity index (χ1v) is 10.2. The van der Waals surface area contributed by atoms with Crippen LogP contribution >= 0.6 is 11.3 Å². The van der Waals surface area contributed by atoms with Gasteiger partial charge in [0.1, 0.15) is 12.4 Å². The number of hydrogen-bond donors (Lipinski definition) is 1. The van der Waals surface area contributed by atoms with Gasteiger partial charge in [0.05, 0.1) is 12.0 Å². The number of carbonyl (C=O) groups is 2. The van der Waals surface area contributed by atoms with Crippen molar-refractivity contribution >= 4 is 28.3 Å². The van der Waals surface area contributed by atoms with E-state index in [4.69, 9.17) is 4.74 Å². The Kier molecular flexibility index (Phi) is 6.08. The molecule has 1 amide bonds. The molecule has 9 nitrogen and oxygen atoms in total. The number of esters is 1. The van der Waals surface area contributed by atoms with Crippen LogP contribution in [0.15, 0.2) is 67.0 Å². The molecule has 2 aromatic heterocycles. The van der Waals surface area contributed by atoms with Crippen molar-refractivity contribution < 1.29 is 14.3 Å². The average molecular weight is 434 g/mol. The summed E-state index contributed by atoms with van der Waals surface area (Å²) < 4.78 is 6.26. The molecule has 31 heavy (non-hydrogen) atoms. The molecule has 0 unspecified atom stereocenters. The van der Waals surface area contributed by atoms with E-state index < -0.39 is 12.0 Å². The third-order valence-corrected chi connectivity index (χ3v) is 5.55. The summed E-state index contributed by atoms with van der Waals surface area (Å²) >= 11 is 1.20. The quantitative estimate of drug-likeness (QED) is 0.445. The van der Waals surface area contributed by atoms with Gasteiger partial charge in [-0.2, -0.15) is 0 Å². The number of ether oxygens (including phenoxy) is 1. The van der Waals surface area contributed by atoms with Crippen molar-refractivity contribution in [3.05, 3.63) is 78.2 Å². The SMILES string of the molecule is COC(=O)c1nc(NC(=O)[C@H](Cc2ccccc2)n2cnnn2)sc1-c1ccccc1. The van der Waals surface area contributed by atoms with Crippen LogP contribution in [0, 0.1) is 0 Å². The maximum absolute atomic E-state index is 13.1. The molecule has 0 saturated carbocycles. The van der Waals surface area contributed by atoms with Crippen LogP contribution in [0.3, 0.4) is 0 Å². The standard InChI is InChI=1S/C21H18N6O3S/c1-30-20(29)17-18(15-10-6-3-7-11-15)31-21(23-17)24-19(28)16(27-13-22-25-26-27)12-14-8-4-2-5-9-14/h2-11,13,16H,12H2,1H3,(H,23,24,28)/t16-/m0/s1. The molecule has 156 valence electrons. The number of thiazole rings is 1. The van der Waals surface area contributed by atoms with Gasteiger partial charge < -0.3 is 10.1 Å².